The van der Waals surface area contributed by atoms with Crippen LogP contribution in [0.5, 0.6) is 5.75 Å². The van der Waals surface area contributed by atoms with Gasteiger partial charge in [0.05, 0.1) is 6.20 Å². The second kappa shape index (κ2) is 4.94. The molecule has 6 nitrogen and oxygen atoms in total. The van der Waals surface area contributed by atoms with Gasteiger partial charge in [0.2, 0.25) is 0 Å². The monoisotopic (exact) mass is 210 g/mol. The summed E-state index contributed by atoms with van der Waals surface area (Å²) in [5, 5.41) is 10.8. The Kier molecular flexibility index (Phi) is 3.61. The summed E-state index contributed by atoms with van der Waals surface area (Å²) in [6, 6.07) is 2.94. The summed E-state index contributed by atoms with van der Waals surface area (Å²) < 4.78 is 4.84. The number of hydrogen-bond donors (Lipinski definition) is 2. The van der Waals surface area contributed by atoms with Gasteiger partial charge < -0.3 is 15.2 Å². The highest BCUT2D eigenvalue weighted by Gasteiger charge is 2.05. The van der Waals surface area contributed by atoms with Crippen molar-refractivity contribution < 1.29 is 19.4 Å². The summed E-state index contributed by atoms with van der Waals surface area (Å²) in [5.41, 5.74) is 0.250. The molecule has 0 unspecified atom stereocenters. The zero-order valence-electron chi connectivity index (χ0n) is 8.06. The molecule has 0 spiro atoms. The van der Waals surface area contributed by atoms with E-state index in [1.54, 1.807) is 0 Å². The number of ether oxygens (including phenoxy) is 1. The van der Waals surface area contributed by atoms with Crippen molar-refractivity contribution in [1.82, 2.24) is 10.3 Å². The van der Waals surface area contributed by atoms with E-state index in [9.17, 15) is 9.59 Å². The third-order valence-corrected chi connectivity index (χ3v) is 1.56. The lowest BCUT2D eigenvalue weighted by atomic mass is 10.3. The van der Waals surface area contributed by atoms with Crippen LogP contribution in [-0.4, -0.2) is 35.6 Å². The molecule has 1 rings (SSSR count). The number of carbonyl (C=O) groups excluding carboxylic acids is 1. The predicted octanol–water partition coefficient (Wildman–Crippen LogP) is -0.0954. The van der Waals surface area contributed by atoms with E-state index >= 15 is 0 Å². The standard InChI is InChI=1S/C9H10N2O4/c1-10-9(14)7-3-2-6(4-11-7)15-5-8(12)13/h2-4H,5H2,1H3,(H,10,14)(H,12,13). The first-order valence-corrected chi connectivity index (χ1v) is 4.16. The third-order valence-electron chi connectivity index (χ3n) is 1.56. The Morgan fingerprint density at radius 3 is 2.73 bits per heavy atom. The maximum atomic E-state index is 11.1. The second-order valence-corrected chi connectivity index (χ2v) is 2.64. The fraction of sp³-hybridized carbons (Fsp3) is 0.222. The number of nitrogens with zero attached hydrogens (tertiary/aromatic N) is 1. The SMILES string of the molecule is CNC(=O)c1ccc(OCC(=O)O)cn1. The normalized spacial score (nSPS) is 9.40. The highest BCUT2D eigenvalue weighted by atomic mass is 16.5. The molecule has 0 aliphatic heterocycles. The van der Waals surface area contributed by atoms with E-state index in [4.69, 9.17) is 9.84 Å². The Morgan fingerprint density at radius 2 is 2.27 bits per heavy atom. The van der Waals surface area contributed by atoms with Gasteiger partial charge in [-0.05, 0) is 12.1 Å². The largest absolute Gasteiger partial charge is 0.480 e. The summed E-state index contributed by atoms with van der Waals surface area (Å²) in [6.07, 6.45) is 1.30. The van der Waals surface area contributed by atoms with E-state index < -0.39 is 12.6 Å². The quantitative estimate of drug-likeness (QED) is 0.724. The fourth-order valence-electron chi connectivity index (χ4n) is 0.873. The van der Waals surface area contributed by atoms with Crippen LogP contribution in [0.1, 0.15) is 10.5 Å². The first kappa shape index (κ1) is 11.0. The van der Waals surface area contributed by atoms with Crippen LogP contribution < -0.4 is 10.1 Å². The number of carbonyl (C=O) groups is 2. The molecule has 0 aliphatic rings. The lowest BCUT2D eigenvalue weighted by Gasteiger charge is -2.03. The maximum absolute atomic E-state index is 11.1. The molecule has 1 aromatic rings. The highest BCUT2D eigenvalue weighted by molar-refractivity contribution is 5.91. The molecule has 0 aliphatic carbocycles. The molecular formula is C9H10N2O4. The van der Waals surface area contributed by atoms with E-state index in [1.807, 2.05) is 0 Å². The zero-order chi connectivity index (χ0) is 11.3. The second-order valence-electron chi connectivity index (χ2n) is 2.64. The molecule has 0 atom stereocenters. The molecular weight excluding hydrogens is 200 g/mol. The molecule has 0 saturated heterocycles. The number of rotatable bonds is 4. The molecule has 15 heavy (non-hydrogen) atoms. The van der Waals surface area contributed by atoms with Crippen LogP contribution in [0, 0.1) is 0 Å². The van der Waals surface area contributed by atoms with Crippen molar-refractivity contribution in [3.63, 3.8) is 0 Å². The summed E-state index contributed by atoms with van der Waals surface area (Å²) >= 11 is 0. The molecule has 1 heterocycles. The molecule has 0 saturated carbocycles. The van der Waals surface area contributed by atoms with Crippen LogP contribution in [0.15, 0.2) is 18.3 Å². The average Bonchev–Trinajstić information content (AvgIpc) is 2.26. The van der Waals surface area contributed by atoms with Crippen LogP contribution >= 0.6 is 0 Å². The Bertz CT molecular complexity index is 361. The smallest absolute Gasteiger partial charge is 0.341 e. The van der Waals surface area contributed by atoms with E-state index in [0.717, 1.165) is 0 Å². The van der Waals surface area contributed by atoms with Gasteiger partial charge in [-0.3, -0.25) is 4.79 Å². The van der Waals surface area contributed by atoms with E-state index in [1.165, 1.54) is 25.4 Å². The molecule has 2 N–H and O–H groups in total. The van der Waals surface area contributed by atoms with Crippen molar-refractivity contribution >= 4 is 11.9 Å². The summed E-state index contributed by atoms with van der Waals surface area (Å²) in [7, 11) is 1.50. The van der Waals surface area contributed by atoms with Crippen molar-refractivity contribution in [3.8, 4) is 5.75 Å². The van der Waals surface area contributed by atoms with Crippen LogP contribution in [-0.2, 0) is 4.79 Å². The summed E-state index contributed by atoms with van der Waals surface area (Å²) in [6.45, 7) is -0.430. The van der Waals surface area contributed by atoms with Crippen LogP contribution in [0.2, 0.25) is 0 Å². The minimum atomic E-state index is -1.06. The number of hydrogen-bond acceptors (Lipinski definition) is 4. The molecule has 0 bridgehead atoms. The van der Waals surface area contributed by atoms with Gasteiger partial charge in [-0.2, -0.15) is 0 Å². The lowest BCUT2D eigenvalue weighted by Crippen LogP contribution is -2.19. The van der Waals surface area contributed by atoms with Gasteiger partial charge in [-0.15, -0.1) is 0 Å². The van der Waals surface area contributed by atoms with Crippen LogP contribution in [0.3, 0.4) is 0 Å². The number of nitrogens with one attached hydrogen (secondary N) is 1. The number of aliphatic carboxylic acids is 1. The molecule has 1 amide bonds. The zero-order valence-corrected chi connectivity index (χ0v) is 8.06. The first-order valence-electron chi connectivity index (χ1n) is 4.16. The fourth-order valence-corrected chi connectivity index (χ4v) is 0.873. The van der Waals surface area contributed by atoms with Crippen molar-refractivity contribution in [2.75, 3.05) is 13.7 Å². The molecule has 0 fully saturated rings. The molecule has 1 aromatic heterocycles. The average molecular weight is 210 g/mol. The Labute approximate surface area is 85.9 Å². The minimum Gasteiger partial charge on any atom is -0.480 e. The van der Waals surface area contributed by atoms with Gasteiger partial charge in [0, 0.05) is 7.05 Å². The van der Waals surface area contributed by atoms with Crippen molar-refractivity contribution in [3.05, 3.63) is 24.0 Å². The number of carboxylic acid groups (broad SMARTS) is 1. The van der Waals surface area contributed by atoms with Crippen molar-refractivity contribution in [2.45, 2.75) is 0 Å². The summed E-state index contributed by atoms with van der Waals surface area (Å²) in [5.74, 6) is -1.06. The number of pyridine rings is 1. The Morgan fingerprint density at radius 1 is 1.53 bits per heavy atom. The lowest BCUT2D eigenvalue weighted by molar-refractivity contribution is -0.139. The van der Waals surface area contributed by atoms with E-state index in [0.29, 0.717) is 5.75 Å². The number of amides is 1. The minimum absolute atomic E-state index is 0.250. The van der Waals surface area contributed by atoms with E-state index in [-0.39, 0.29) is 11.6 Å². The van der Waals surface area contributed by atoms with Gasteiger partial charge in [0.15, 0.2) is 6.61 Å². The number of carboxylic acids is 1. The predicted molar refractivity (Wildman–Crippen MR) is 50.8 cm³/mol. The van der Waals surface area contributed by atoms with Gasteiger partial charge in [-0.1, -0.05) is 0 Å². The first-order chi connectivity index (χ1) is 7.13. The highest BCUT2D eigenvalue weighted by Crippen LogP contribution is 2.08. The van der Waals surface area contributed by atoms with Gasteiger partial charge in [0.25, 0.3) is 5.91 Å². The third kappa shape index (κ3) is 3.26. The van der Waals surface area contributed by atoms with Gasteiger partial charge >= 0.3 is 5.97 Å². The van der Waals surface area contributed by atoms with Crippen molar-refractivity contribution in [2.24, 2.45) is 0 Å². The molecule has 0 radical (unpaired) electrons. The van der Waals surface area contributed by atoms with Gasteiger partial charge in [0.1, 0.15) is 11.4 Å². The topological polar surface area (TPSA) is 88.5 Å². The Balaban J connectivity index is 2.64. The summed E-state index contributed by atoms with van der Waals surface area (Å²) in [4.78, 5) is 25.1. The van der Waals surface area contributed by atoms with Crippen molar-refractivity contribution in [1.29, 1.82) is 0 Å². The molecule has 80 valence electrons. The van der Waals surface area contributed by atoms with Crippen LogP contribution in [0.25, 0.3) is 0 Å². The Hall–Kier alpha value is -2.11. The molecule has 0 aromatic carbocycles. The maximum Gasteiger partial charge on any atom is 0.341 e. The molecule has 6 heteroatoms. The van der Waals surface area contributed by atoms with Crippen LogP contribution in [0.4, 0.5) is 0 Å². The van der Waals surface area contributed by atoms with E-state index in [2.05, 4.69) is 10.3 Å². The number of aromatic nitrogens is 1. The van der Waals surface area contributed by atoms with Gasteiger partial charge in [-0.25, -0.2) is 9.78 Å².